The highest BCUT2D eigenvalue weighted by Crippen LogP contribution is 2.06. The third-order valence-corrected chi connectivity index (χ3v) is 5.28. The van der Waals surface area contributed by atoms with E-state index in [1.165, 1.54) is 0 Å². The van der Waals surface area contributed by atoms with Gasteiger partial charge in [0.2, 0.25) is 0 Å². The van der Waals surface area contributed by atoms with Crippen molar-refractivity contribution in [1.82, 2.24) is 5.32 Å². The number of carbonyl (C=O) groups excluding carboxylic acids is 1. The molecular weight excluding hydrogens is 514 g/mol. The summed E-state index contributed by atoms with van der Waals surface area (Å²) in [6.45, 7) is 16.0. The quantitative estimate of drug-likeness (QED) is 0.0791. The molecule has 1 fully saturated rings. The molecule has 0 saturated carbocycles. The van der Waals surface area contributed by atoms with Gasteiger partial charge < -0.3 is 52.7 Å². The van der Waals surface area contributed by atoms with E-state index in [-0.39, 0.29) is 6.61 Å². The summed E-state index contributed by atoms with van der Waals surface area (Å²) in [6, 6.07) is 0. The first-order valence-electron chi connectivity index (χ1n) is 14.0. The fraction of sp³-hybridized carbons (Fsp3) is 0.889. The molecule has 1 heterocycles. The molecule has 0 radical (unpaired) electrons. The summed E-state index contributed by atoms with van der Waals surface area (Å²) >= 11 is 0. The van der Waals surface area contributed by atoms with Crippen molar-refractivity contribution in [1.29, 1.82) is 0 Å². The highest BCUT2D eigenvalue weighted by atomic mass is 16.6. The van der Waals surface area contributed by atoms with Crippen LogP contribution in [0.1, 0.15) is 19.8 Å². The van der Waals surface area contributed by atoms with Gasteiger partial charge in [0.15, 0.2) is 0 Å². The van der Waals surface area contributed by atoms with Gasteiger partial charge in [0.1, 0.15) is 6.61 Å². The van der Waals surface area contributed by atoms with Gasteiger partial charge >= 0.3 is 5.97 Å². The van der Waals surface area contributed by atoms with E-state index in [1.54, 1.807) is 6.92 Å². The van der Waals surface area contributed by atoms with Crippen LogP contribution < -0.4 is 5.32 Å². The van der Waals surface area contributed by atoms with Gasteiger partial charge in [-0.25, -0.2) is 4.79 Å². The second-order valence-corrected chi connectivity index (χ2v) is 8.64. The first kappa shape index (κ1) is 35.8. The van der Waals surface area contributed by atoms with Crippen molar-refractivity contribution in [2.45, 2.75) is 25.9 Å². The molecule has 0 bridgehead atoms. The Hall–Kier alpha value is -1.19. The summed E-state index contributed by atoms with van der Waals surface area (Å²) in [5.74, 6) is -0.409. The summed E-state index contributed by atoms with van der Waals surface area (Å²) in [5, 5.41) is 3.32. The fourth-order valence-electron chi connectivity index (χ4n) is 3.19. The van der Waals surface area contributed by atoms with Crippen molar-refractivity contribution in [2.24, 2.45) is 0 Å². The third kappa shape index (κ3) is 25.5. The zero-order chi connectivity index (χ0) is 28.1. The highest BCUT2D eigenvalue weighted by molar-refractivity contribution is 5.86. The van der Waals surface area contributed by atoms with E-state index >= 15 is 0 Å². The highest BCUT2D eigenvalue weighted by Gasteiger charge is 2.12. The predicted molar refractivity (Wildman–Crippen MR) is 144 cm³/mol. The minimum Gasteiger partial charge on any atom is -0.460 e. The number of rotatable bonds is 29. The lowest BCUT2D eigenvalue weighted by Gasteiger charge is -2.22. The smallest absolute Gasteiger partial charge is 0.333 e. The number of esters is 1. The second kappa shape index (κ2) is 28.3. The summed E-state index contributed by atoms with van der Waals surface area (Å²) in [6.07, 6.45) is 2.53. The number of nitrogens with one attached hydrogen (secondary N) is 1. The van der Waals surface area contributed by atoms with Crippen LogP contribution in [0.2, 0.25) is 0 Å². The largest absolute Gasteiger partial charge is 0.460 e. The number of hydrogen-bond donors (Lipinski definition) is 1. The van der Waals surface area contributed by atoms with Crippen LogP contribution in [0.25, 0.3) is 0 Å². The summed E-state index contributed by atoms with van der Waals surface area (Å²) < 4.78 is 54.2. The van der Waals surface area contributed by atoms with E-state index in [0.29, 0.717) is 124 Å². The Morgan fingerprint density at radius 3 is 1.21 bits per heavy atom. The second-order valence-electron chi connectivity index (χ2n) is 8.64. The Morgan fingerprint density at radius 1 is 0.564 bits per heavy atom. The Labute approximate surface area is 233 Å². The number of ether oxygens (including phenoxy) is 10. The lowest BCUT2D eigenvalue weighted by Crippen LogP contribution is -2.33. The average molecular weight is 566 g/mol. The van der Waals surface area contributed by atoms with Crippen molar-refractivity contribution in [3.63, 3.8) is 0 Å². The van der Waals surface area contributed by atoms with E-state index < -0.39 is 5.97 Å². The van der Waals surface area contributed by atoms with Gasteiger partial charge in [-0.2, -0.15) is 0 Å². The van der Waals surface area contributed by atoms with Crippen molar-refractivity contribution < 1.29 is 52.2 Å². The molecule has 0 aromatic heterocycles. The fourth-order valence-corrected chi connectivity index (χ4v) is 3.19. The minimum atomic E-state index is -0.409. The molecule has 1 saturated heterocycles. The Morgan fingerprint density at radius 2 is 0.872 bits per heavy atom. The molecule has 1 aliphatic heterocycles. The molecule has 0 amide bonds. The Balaban J connectivity index is 1.63. The number of piperidine rings is 1. The zero-order valence-corrected chi connectivity index (χ0v) is 23.8. The SMILES string of the molecule is C=C(C)C(=O)OCCOCCOCCOCCOCCOCCOCCOCCOCCOC1CCNCC1. The van der Waals surface area contributed by atoms with Crippen LogP contribution >= 0.6 is 0 Å². The van der Waals surface area contributed by atoms with Gasteiger partial charge in [0.05, 0.1) is 118 Å². The van der Waals surface area contributed by atoms with Crippen LogP contribution in [-0.4, -0.2) is 144 Å². The lowest BCUT2D eigenvalue weighted by molar-refractivity contribution is -0.140. The maximum absolute atomic E-state index is 11.2. The summed E-state index contributed by atoms with van der Waals surface area (Å²) in [5.41, 5.74) is 0.374. The molecule has 0 aromatic carbocycles. The van der Waals surface area contributed by atoms with Crippen molar-refractivity contribution in [2.75, 3.05) is 132 Å². The van der Waals surface area contributed by atoms with Crippen molar-refractivity contribution in [3.8, 4) is 0 Å². The first-order chi connectivity index (χ1) is 19.2. The summed E-state index contributed by atoms with van der Waals surface area (Å²) in [4.78, 5) is 11.2. The van der Waals surface area contributed by atoms with E-state index in [0.717, 1.165) is 25.9 Å². The maximum Gasteiger partial charge on any atom is 0.333 e. The summed E-state index contributed by atoms with van der Waals surface area (Å²) in [7, 11) is 0. The minimum absolute atomic E-state index is 0.204. The monoisotopic (exact) mass is 565 g/mol. The topological polar surface area (TPSA) is 121 Å². The molecule has 1 aliphatic rings. The number of hydrogen-bond acceptors (Lipinski definition) is 12. The van der Waals surface area contributed by atoms with Gasteiger partial charge in [-0.15, -0.1) is 0 Å². The van der Waals surface area contributed by atoms with Gasteiger partial charge in [-0.3, -0.25) is 0 Å². The van der Waals surface area contributed by atoms with Crippen LogP contribution in [0, 0.1) is 0 Å². The molecule has 230 valence electrons. The Kier molecular flexibility index (Phi) is 26.0. The van der Waals surface area contributed by atoms with Crippen LogP contribution in [0.3, 0.4) is 0 Å². The molecule has 12 nitrogen and oxygen atoms in total. The van der Waals surface area contributed by atoms with E-state index in [1.807, 2.05) is 0 Å². The molecule has 12 heteroatoms. The van der Waals surface area contributed by atoms with Gasteiger partial charge in [-0.1, -0.05) is 6.58 Å². The van der Waals surface area contributed by atoms with Gasteiger partial charge in [0, 0.05) is 5.57 Å². The molecule has 0 aliphatic carbocycles. The number of carbonyl (C=O) groups is 1. The third-order valence-electron chi connectivity index (χ3n) is 5.28. The maximum atomic E-state index is 11.2. The van der Waals surface area contributed by atoms with E-state index in [9.17, 15) is 4.79 Å². The molecular formula is C27H51NO11. The average Bonchev–Trinajstić information content (AvgIpc) is 2.94. The molecule has 0 unspecified atom stereocenters. The Bertz CT molecular complexity index is 562. The van der Waals surface area contributed by atoms with Crippen LogP contribution in [0.4, 0.5) is 0 Å². The predicted octanol–water partition coefficient (Wildman–Crippen LogP) is 1.01. The van der Waals surface area contributed by atoms with Crippen LogP contribution in [0.15, 0.2) is 12.2 Å². The van der Waals surface area contributed by atoms with Gasteiger partial charge in [0.25, 0.3) is 0 Å². The molecule has 0 aromatic rings. The molecule has 1 rings (SSSR count). The van der Waals surface area contributed by atoms with Crippen LogP contribution in [-0.2, 0) is 52.2 Å². The van der Waals surface area contributed by atoms with E-state index in [2.05, 4.69) is 11.9 Å². The molecule has 0 spiro atoms. The van der Waals surface area contributed by atoms with Crippen molar-refractivity contribution >= 4 is 5.97 Å². The lowest BCUT2D eigenvalue weighted by atomic mass is 10.1. The first-order valence-corrected chi connectivity index (χ1v) is 14.0. The molecule has 0 atom stereocenters. The van der Waals surface area contributed by atoms with Crippen molar-refractivity contribution in [3.05, 3.63) is 12.2 Å². The standard InChI is InChI=1S/C27H51NO11/c1-25(2)27(29)39-24-22-37-20-18-35-16-14-33-12-10-31-8-7-30-9-11-32-13-15-34-17-19-36-21-23-38-26-3-5-28-6-4-26/h26,28H,1,3-24H2,2H3. The normalized spacial score (nSPS) is 14.1. The van der Waals surface area contributed by atoms with Gasteiger partial charge in [-0.05, 0) is 32.9 Å². The zero-order valence-electron chi connectivity index (χ0n) is 23.8. The van der Waals surface area contributed by atoms with E-state index in [4.69, 9.17) is 47.4 Å². The molecule has 1 N–H and O–H groups in total. The van der Waals surface area contributed by atoms with Crippen LogP contribution in [0.5, 0.6) is 0 Å². The molecule has 39 heavy (non-hydrogen) atoms.